The number of aromatic hydroxyl groups is 1. The third-order valence-corrected chi connectivity index (χ3v) is 1.90. The number of phenols is 1. The van der Waals surface area contributed by atoms with E-state index in [1.165, 1.54) is 0 Å². The van der Waals surface area contributed by atoms with Crippen molar-refractivity contribution in [3.05, 3.63) is 22.7 Å². The van der Waals surface area contributed by atoms with Crippen LogP contribution < -0.4 is 4.74 Å². The number of halogens is 1. The van der Waals surface area contributed by atoms with Crippen LogP contribution in [0.15, 0.2) is 22.7 Å². The zero-order valence-corrected chi connectivity index (χ0v) is 8.17. The monoisotopic (exact) mass is 232 g/mol. The molecule has 0 saturated heterocycles. The average molecular weight is 233 g/mol. The second-order valence-electron chi connectivity index (χ2n) is 2.16. The van der Waals surface area contributed by atoms with Gasteiger partial charge in [0.2, 0.25) is 0 Å². The lowest BCUT2D eigenvalue weighted by molar-refractivity contribution is 0.0510. The molecule has 3 nitrogen and oxygen atoms in total. The van der Waals surface area contributed by atoms with E-state index in [0.717, 1.165) is 0 Å². The summed E-state index contributed by atoms with van der Waals surface area (Å²) in [4.78, 5) is 0. The van der Waals surface area contributed by atoms with Gasteiger partial charge in [0.25, 0.3) is 0 Å². The summed E-state index contributed by atoms with van der Waals surface area (Å²) < 4.78 is 10.5. The lowest BCUT2D eigenvalue weighted by Crippen LogP contribution is -1.98. The minimum absolute atomic E-state index is 0.194. The molecular weight excluding hydrogens is 224 g/mol. The maximum atomic E-state index is 9.14. The molecule has 0 spiro atoms. The molecule has 0 heterocycles. The molecule has 0 atom stereocenters. The molecule has 0 saturated carbocycles. The number of phenolic OH excluding ortho intramolecular Hbond substituents is 1. The van der Waals surface area contributed by atoms with Gasteiger partial charge in [-0.3, -0.25) is 0 Å². The molecule has 12 heavy (non-hydrogen) atoms. The molecule has 0 radical (unpaired) electrons. The first-order chi connectivity index (χ1) is 5.74. The van der Waals surface area contributed by atoms with E-state index in [2.05, 4.69) is 15.9 Å². The second-order valence-corrected chi connectivity index (χ2v) is 3.02. The number of benzene rings is 1. The van der Waals surface area contributed by atoms with E-state index >= 15 is 0 Å². The number of hydrogen-bond acceptors (Lipinski definition) is 3. The molecule has 0 aliphatic rings. The van der Waals surface area contributed by atoms with Crippen molar-refractivity contribution in [3.63, 3.8) is 0 Å². The van der Waals surface area contributed by atoms with Crippen molar-refractivity contribution in [2.45, 2.75) is 0 Å². The summed E-state index contributed by atoms with van der Waals surface area (Å²) in [5.74, 6) is 0.848. The zero-order chi connectivity index (χ0) is 8.97. The van der Waals surface area contributed by atoms with Crippen molar-refractivity contribution >= 4 is 15.9 Å². The molecule has 0 aliphatic carbocycles. The molecular formula is C8H9BrO3. The standard InChI is InChI=1S/C8H9BrO3/c1-11-5-12-6-2-3-8(10)7(9)4-6/h2-4,10H,5H2,1H3. The summed E-state index contributed by atoms with van der Waals surface area (Å²) in [7, 11) is 1.55. The molecule has 1 aromatic rings. The Bertz CT molecular complexity index is 262. The summed E-state index contributed by atoms with van der Waals surface area (Å²) in [6.45, 7) is 0.206. The fourth-order valence-corrected chi connectivity index (χ4v) is 1.06. The summed E-state index contributed by atoms with van der Waals surface area (Å²) in [6.07, 6.45) is 0. The van der Waals surface area contributed by atoms with E-state index in [0.29, 0.717) is 10.2 Å². The molecule has 0 unspecified atom stereocenters. The smallest absolute Gasteiger partial charge is 0.188 e. The molecule has 1 aromatic carbocycles. The Hall–Kier alpha value is -0.740. The molecule has 0 bridgehead atoms. The van der Waals surface area contributed by atoms with Crippen molar-refractivity contribution in [3.8, 4) is 11.5 Å². The summed E-state index contributed by atoms with van der Waals surface area (Å²) in [5.41, 5.74) is 0. The predicted molar refractivity (Wildman–Crippen MR) is 48.3 cm³/mol. The Morgan fingerprint density at radius 3 is 2.83 bits per heavy atom. The predicted octanol–water partition coefficient (Wildman–Crippen LogP) is 2.14. The fourth-order valence-electron chi connectivity index (χ4n) is 0.704. The van der Waals surface area contributed by atoms with Gasteiger partial charge in [0.1, 0.15) is 11.5 Å². The van der Waals surface area contributed by atoms with E-state index in [9.17, 15) is 0 Å². The van der Waals surface area contributed by atoms with Gasteiger partial charge in [-0.1, -0.05) is 0 Å². The molecule has 0 aliphatic heterocycles. The lowest BCUT2D eigenvalue weighted by atomic mass is 10.3. The Labute approximate surface area is 79.1 Å². The fraction of sp³-hybridized carbons (Fsp3) is 0.250. The summed E-state index contributed by atoms with van der Waals surface area (Å²) >= 11 is 3.17. The minimum Gasteiger partial charge on any atom is -0.507 e. The molecule has 0 amide bonds. The van der Waals surface area contributed by atoms with Crippen molar-refractivity contribution in [1.29, 1.82) is 0 Å². The third kappa shape index (κ3) is 2.39. The van der Waals surface area contributed by atoms with E-state index < -0.39 is 0 Å². The van der Waals surface area contributed by atoms with Crippen molar-refractivity contribution in [1.82, 2.24) is 0 Å². The number of methoxy groups -OCH3 is 1. The van der Waals surface area contributed by atoms with Crippen LogP contribution in [0, 0.1) is 0 Å². The highest BCUT2D eigenvalue weighted by atomic mass is 79.9. The normalized spacial score (nSPS) is 9.83. The first-order valence-corrected chi connectivity index (χ1v) is 4.13. The Balaban J connectivity index is 2.69. The third-order valence-electron chi connectivity index (χ3n) is 1.26. The zero-order valence-electron chi connectivity index (χ0n) is 6.58. The quantitative estimate of drug-likeness (QED) is 0.813. The first-order valence-electron chi connectivity index (χ1n) is 3.34. The summed E-state index contributed by atoms with van der Waals surface area (Å²) in [5, 5.41) is 9.14. The topological polar surface area (TPSA) is 38.7 Å². The maximum Gasteiger partial charge on any atom is 0.188 e. The van der Waals surface area contributed by atoms with E-state index in [-0.39, 0.29) is 12.5 Å². The van der Waals surface area contributed by atoms with Crippen molar-refractivity contribution in [2.75, 3.05) is 13.9 Å². The van der Waals surface area contributed by atoms with Crippen LogP contribution in [0.5, 0.6) is 11.5 Å². The van der Waals surface area contributed by atoms with E-state index in [4.69, 9.17) is 14.6 Å². The van der Waals surface area contributed by atoms with Crippen LogP contribution in [-0.2, 0) is 4.74 Å². The van der Waals surface area contributed by atoms with Crippen LogP contribution in [0.3, 0.4) is 0 Å². The molecule has 1 N–H and O–H groups in total. The van der Waals surface area contributed by atoms with Crippen molar-refractivity contribution < 1.29 is 14.6 Å². The largest absolute Gasteiger partial charge is 0.507 e. The number of rotatable bonds is 3. The highest BCUT2D eigenvalue weighted by Crippen LogP contribution is 2.27. The summed E-state index contributed by atoms with van der Waals surface area (Å²) in [6, 6.07) is 4.89. The highest BCUT2D eigenvalue weighted by Gasteiger charge is 1.99. The van der Waals surface area contributed by atoms with Crippen LogP contribution in [0.4, 0.5) is 0 Å². The van der Waals surface area contributed by atoms with E-state index in [1.807, 2.05) is 0 Å². The highest BCUT2D eigenvalue weighted by molar-refractivity contribution is 9.10. The molecule has 66 valence electrons. The Kier molecular flexibility index (Phi) is 3.37. The Morgan fingerprint density at radius 2 is 2.25 bits per heavy atom. The van der Waals surface area contributed by atoms with Gasteiger partial charge in [-0.15, -0.1) is 0 Å². The van der Waals surface area contributed by atoms with Gasteiger partial charge in [0.05, 0.1) is 4.47 Å². The molecule has 0 aromatic heterocycles. The number of hydrogen-bond donors (Lipinski definition) is 1. The van der Waals surface area contributed by atoms with Gasteiger partial charge in [-0.05, 0) is 34.1 Å². The van der Waals surface area contributed by atoms with Crippen LogP contribution in [0.1, 0.15) is 0 Å². The van der Waals surface area contributed by atoms with Gasteiger partial charge < -0.3 is 14.6 Å². The van der Waals surface area contributed by atoms with Crippen LogP contribution in [0.2, 0.25) is 0 Å². The van der Waals surface area contributed by atoms with Crippen molar-refractivity contribution in [2.24, 2.45) is 0 Å². The minimum atomic E-state index is 0.194. The van der Waals surface area contributed by atoms with Gasteiger partial charge in [0, 0.05) is 7.11 Å². The van der Waals surface area contributed by atoms with Gasteiger partial charge >= 0.3 is 0 Å². The van der Waals surface area contributed by atoms with Gasteiger partial charge in [-0.25, -0.2) is 0 Å². The molecule has 4 heteroatoms. The lowest BCUT2D eigenvalue weighted by Gasteiger charge is -2.04. The number of ether oxygens (including phenoxy) is 2. The van der Waals surface area contributed by atoms with Crippen LogP contribution >= 0.6 is 15.9 Å². The molecule has 1 rings (SSSR count). The van der Waals surface area contributed by atoms with Crippen LogP contribution in [-0.4, -0.2) is 19.0 Å². The second kappa shape index (κ2) is 4.33. The van der Waals surface area contributed by atoms with Gasteiger partial charge in [-0.2, -0.15) is 0 Å². The SMILES string of the molecule is COCOc1ccc(O)c(Br)c1. The van der Waals surface area contributed by atoms with Crippen LogP contribution in [0.25, 0.3) is 0 Å². The first kappa shape index (κ1) is 9.35. The molecule has 0 fully saturated rings. The Morgan fingerprint density at radius 1 is 1.50 bits per heavy atom. The van der Waals surface area contributed by atoms with Gasteiger partial charge in [0.15, 0.2) is 6.79 Å². The van der Waals surface area contributed by atoms with E-state index in [1.54, 1.807) is 25.3 Å². The average Bonchev–Trinajstić information content (AvgIpc) is 2.07. The maximum absolute atomic E-state index is 9.14.